The number of carbonyl (C=O) groups is 3. The molecule has 1 aliphatic carbocycles. The minimum Gasteiger partial charge on any atom is -0.496 e. The molecule has 1 saturated carbocycles. The van der Waals surface area contributed by atoms with Crippen molar-refractivity contribution in [1.82, 2.24) is 29.2 Å². The molecule has 4 heterocycles. The number of nitrogens with one attached hydrogen (secondary N) is 3. The maximum Gasteiger partial charge on any atom is 0.303 e. The van der Waals surface area contributed by atoms with Crippen LogP contribution in [0.25, 0.3) is 21.6 Å². The molecule has 0 radical (unpaired) electrons. The number of benzene rings is 2. The van der Waals surface area contributed by atoms with Crippen molar-refractivity contribution >= 4 is 55.9 Å². The molecule has 2 aromatic carbocycles. The van der Waals surface area contributed by atoms with E-state index >= 15 is 0 Å². The molecule has 320 valence electrons. The summed E-state index contributed by atoms with van der Waals surface area (Å²) in [6.07, 6.45) is 6.73. The second kappa shape index (κ2) is 17.5. The first-order chi connectivity index (χ1) is 28.6. The molecule has 2 fully saturated rings. The van der Waals surface area contributed by atoms with Crippen LogP contribution in [-0.2, 0) is 24.6 Å². The van der Waals surface area contributed by atoms with E-state index in [1.54, 1.807) is 19.2 Å². The monoisotopic (exact) mass is 861 g/mol. The Morgan fingerprint density at radius 3 is 2.62 bits per heavy atom. The van der Waals surface area contributed by atoms with Crippen molar-refractivity contribution in [1.29, 1.82) is 0 Å². The minimum absolute atomic E-state index is 0.0127. The summed E-state index contributed by atoms with van der Waals surface area (Å²) in [6, 6.07) is 9.50. The molecule has 60 heavy (non-hydrogen) atoms. The van der Waals surface area contributed by atoms with Gasteiger partial charge in [0.1, 0.15) is 51.7 Å². The zero-order valence-corrected chi connectivity index (χ0v) is 36.3. The van der Waals surface area contributed by atoms with Gasteiger partial charge in [0.2, 0.25) is 11.8 Å². The predicted octanol–water partition coefficient (Wildman–Crippen LogP) is 6.08. The lowest BCUT2D eigenvalue weighted by Crippen LogP contribution is -2.58. The summed E-state index contributed by atoms with van der Waals surface area (Å²) >= 11 is 1.48. The molecule has 7 rings (SSSR count). The molecule has 2 aliphatic heterocycles. The first-order valence-electron chi connectivity index (χ1n) is 20.3. The molecule has 5 atom stereocenters. The van der Waals surface area contributed by atoms with Gasteiger partial charge >= 0.3 is 10.2 Å². The summed E-state index contributed by atoms with van der Waals surface area (Å²) < 4.78 is 55.5. The Hall–Kier alpha value is -5.13. The van der Waals surface area contributed by atoms with Crippen LogP contribution >= 0.6 is 11.3 Å². The maximum absolute atomic E-state index is 14.8. The zero-order chi connectivity index (χ0) is 42.9. The largest absolute Gasteiger partial charge is 0.496 e. The van der Waals surface area contributed by atoms with Crippen molar-refractivity contribution in [3.63, 3.8) is 0 Å². The molecule has 0 spiro atoms. The third-order valence-electron chi connectivity index (χ3n) is 11.5. The summed E-state index contributed by atoms with van der Waals surface area (Å²) in [5.74, 6) is -1.45. The lowest BCUT2D eigenvalue weighted by Gasteiger charge is -2.30. The number of anilines is 1. The normalized spacial score (nSPS) is 24.2. The van der Waals surface area contributed by atoms with Gasteiger partial charge in [-0.3, -0.25) is 14.4 Å². The van der Waals surface area contributed by atoms with E-state index in [0.29, 0.717) is 58.1 Å². The Kier molecular flexibility index (Phi) is 12.5. The van der Waals surface area contributed by atoms with E-state index in [1.807, 2.05) is 42.7 Å². The van der Waals surface area contributed by atoms with E-state index in [-0.39, 0.29) is 31.2 Å². The van der Waals surface area contributed by atoms with Crippen LogP contribution < -0.4 is 24.8 Å². The molecule has 0 bridgehead atoms. The standard InChI is InChI=1S/C43H52FN7O7S2/c1-25(2)34-24-59-40(47-34)33-21-37(31-17-18-36(57-6)26(3)38(31)46-33)58-30-20-35-39(52)48-43(42(54)49-60(55,56)50(4)5)22-27(43)13-10-8-7-9-11-16-32(41(53)51(35)23-30)45-29-15-12-14-28(44)19-29/h10,12-15,17-19,21,24-25,27,30,32,35,45H,7-9,11,16,20,22-23H2,1-6H3,(H,48,52)(H,49,54)/b13-10-/t27-,30+,32-,35-,43+/m0/s1. The van der Waals surface area contributed by atoms with Gasteiger partial charge in [0.25, 0.3) is 5.91 Å². The van der Waals surface area contributed by atoms with Gasteiger partial charge in [-0.25, -0.2) is 19.1 Å². The number of aromatic nitrogens is 2. The Balaban J connectivity index is 1.26. The van der Waals surface area contributed by atoms with Crippen LogP contribution in [0.1, 0.15) is 76.0 Å². The summed E-state index contributed by atoms with van der Waals surface area (Å²) in [4.78, 5) is 54.6. The van der Waals surface area contributed by atoms with E-state index in [0.717, 1.165) is 28.4 Å². The molecule has 3 aliphatic rings. The SMILES string of the molecule is COc1ccc2c(O[C@@H]3C[C@H]4C(=O)N[C@]5(C(=O)NS(=O)(=O)N(C)C)C[C@@H]5/C=C\CCCCC[C@H](Nc5cccc(F)c5)C(=O)N4C3)cc(-c3nc(C(C)C)cs3)nc2c1C. The van der Waals surface area contributed by atoms with E-state index in [1.165, 1.54) is 42.5 Å². The number of methoxy groups -OCH3 is 1. The second-order valence-electron chi connectivity index (χ2n) is 16.3. The summed E-state index contributed by atoms with van der Waals surface area (Å²) in [5.41, 5.74) is 1.85. The van der Waals surface area contributed by atoms with Crippen molar-refractivity contribution in [2.75, 3.05) is 33.1 Å². The molecule has 3 amide bonds. The number of nitrogens with zero attached hydrogens (tertiary/aromatic N) is 4. The number of thiazole rings is 1. The lowest BCUT2D eigenvalue weighted by atomic mass is 10.0. The fourth-order valence-corrected chi connectivity index (χ4v) is 9.44. The molecular weight excluding hydrogens is 810 g/mol. The highest BCUT2D eigenvalue weighted by molar-refractivity contribution is 7.87. The average Bonchev–Trinajstić information content (AvgIpc) is 3.49. The smallest absolute Gasteiger partial charge is 0.303 e. The third kappa shape index (κ3) is 8.98. The van der Waals surface area contributed by atoms with E-state index < -0.39 is 57.5 Å². The van der Waals surface area contributed by atoms with E-state index in [4.69, 9.17) is 19.4 Å². The van der Waals surface area contributed by atoms with Crippen LogP contribution in [-0.4, -0.2) is 96.8 Å². The molecule has 14 nitrogen and oxygen atoms in total. The second-order valence-corrected chi connectivity index (χ2v) is 19.0. The van der Waals surface area contributed by atoms with Crippen molar-refractivity contribution in [3.05, 3.63) is 77.1 Å². The van der Waals surface area contributed by atoms with Crippen LogP contribution in [0.15, 0.2) is 60.0 Å². The van der Waals surface area contributed by atoms with Crippen LogP contribution in [0.3, 0.4) is 0 Å². The van der Waals surface area contributed by atoms with E-state index in [2.05, 4.69) is 29.2 Å². The molecule has 0 unspecified atom stereocenters. The Bertz CT molecular complexity index is 2420. The molecule has 2 aromatic heterocycles. The van der Waals surface area contributed by atoms with E-state index in [9.17, 15) is 27.2 Å². The van der Waals surface area contributed by atoms with Gasteiger partial charge in [0.05, 0.1) is 24.9 Å². The average molecular weight is 862 g/mol. The van der Waals surface area contributed by atoms with Gasteiger partial charge in [-0.1, -0.05) is 44.9 Å². The Morgan fingerprint density at radius 2 is 1.90 bits per heavy atom. The van der Waals surface area contributed by atoms with Gasteiger partial charge < -0.3 is 25.0 Å². The number of pyridine rings is 1. The lowest BCUT2D eigenvalue weighted by molar-refractivity contribution is -0.140. The Labute approximate surface area is 354 Å². The number of rotatable bonds is 10. The number of halogens is 1. The van der Waals surface area contributed by atoms with Crippen molar-refractivity contribution in [2.45, 2.75) is 95.4 Å². The minimum atomic E-state index is -4.18. The first kappa shape index (κ1) is 43.0. The number of allylic oxidation sites excluding steroid dienone is 1. The van der Waals surface area contributed by atoms with Crippen LogP contribution in [0.5, 0.6) is 11.5 Å². The highest BCUT2D eigenvalue weighted by atomic mass is 32.2. The van der Waals surface area contributed by atoms with Gasteiger partial charge in [-0.2, -0.15) is 12.7 Å². The number of hydrogen-bond donors (Lipinski definition) is 3. The highest BCUT2D eigenvalue weighted by Crippen LogP contribution is 2.46. The quantitative estimate of drug-likeness (QED) is 0.159. The molecule has 1 saturated heterocycles. The summed E-state index contributed by atoms with van der Waals surface area (Å²) in [5, 5.41) is 9.56. The van der Waals surface area contributed by atoms with Gasteiger partial charge in [-0.15, -0.1) is 11.3 Å². The fraction of sp³-hybridized carbons (Fsp3) is 0.465. The number of amides is 3. The number of aryl methyl sites for hydroxylation is 1. The van der Waals surface area contributed by atoms with Gasteiger partial charge in [0.15, 0.2) is 0 Å². The molecular formula is C43H52FN7O7S2. The topological polar surface area (TPSA) is 172 Å². The number of ether oxygens (including phenoxy) is 2. The van der Waals surface area contributed by atoms with Crippen LogP contribution in [0, 0.1) is 18.7 Å². The van der Waals surface area contributed by atoms with Crippen LogP contribution in [0.4, 0.5) is 10.1 Å². The molecule has 17 heteroatoms. The van der Waals surface area contributed by atoms with Crippen LogP contribution in [0.2, 0.25) is 0 Å². The predicted molar refractivity (Wildman–Crippen MR) is 229 cm³/mol. The zero-order valence-electron chi connectivity index (χ0n) is 34.7. The highest BCUT2D eigenvalue weighted by Gasteiger charge is 2.61. The van der Waals surface area contributed by atoms with Gasteiger partial charge in [0, 0.05) is 54.5 Å². The summed E-state index contributed by atoms with van der Waals surface area (Å²) in [6.45, 7) is 6.07. The summed E-state index contributed by atoms with van der Waals surface area (Å²) in [7, 11) is 0.0163. The number of hydrogen-bond acceptors (Lipinski definition) is 11. The fourth-order valence-electron chi connectivity index (χ4n) is 7.90. The number of carbonyl (C=O) groups excluding carboxylic acids is 3. The Morgan fingerprint density at radius 1 is 1.10 bits per heavy atom. The number of fused-ring (bicyclic) bond motifs is 3. The first-order valence-corrected chi connectivity index (χ1v) is 22.6. The maximum atomic E-state index is 14.8. The van der Waals surface area contributed by atoms with Crippen molar-refractivity contribution < 1.29 is 36.7 Å². The van der Waals surface area contributed by atoms with Crippen molar-refractivity contribution in [2.24, 2.45) is 5.92 Å². The van der Waals surface area contributed by atoms with Gasteiger partial charge in [-0.05, 0) is 68.9 Å². The third-order valence-corrected chi connectivity index (χ3v) is 13.8. The molecule has 3 N–H and O–H groups in total. The molecule has 4 aromatic rings. The van der Waals surface area contributed by atoms with Crippen molar-refractivity contribution in [3.8, 4) is 22.2 Å².